The minimum atomic E-state index is -4.64. The summed E-state index contributed by atoms with van der Waals surface area (Å²) in [6.07, 6.45) is -1.10. The van der Waals surface area contributed by atoms with Crippen LogP contribution >= 0.6 is 7.82 Å². The molecule has 288 valence electrons. The molecular weight excluding hydrogens is 716 g/mol. The molecule has 0 aromatic heterocycles. The predicted octanol–water partition coefficient (Wildman–Crippen LogP) is 2.54. The zero-order valence-electron chi connectivity index (χ0n) is 29.9. The highest BCUT2D eigenvalue weighted by molar-refractivity contribution is 7.89. The molecule has 0 aliphatic carbocycles. The number of benzene rings is 3. The van der Waals surface area contributed by atoms with Crippen LogP contribution < -0.4 is 21.7 Å². The topological polar surface area (TPSA) is 232 Å². The molecule has 3 aromatic rings. The Kier molecular flexibility index (Phi) is 17.0. The van der Waals surface area contributed by atoms with Crippen LogP contribution in [0.4, 0.5) is 10.1 Å². The van der Waals surface area contributed by atoms with Crippen molar-refractivity contribution in [3.8, 4) is 0 Å². The number of phosphoric acid groups is 1. The average Bonchev–Trinajstić information content (AvgIpc) is 3.02. The second kappa shape index (κ2) is 19.9. The Labute approximate surface area is 304 Å². The number of aliphatic hydroxyl groups is 1. The summed E-state index contributed by atoms with van der Waals surface area (Å²) in [5, 5.41) is 20.3. The molecule has 0 fully saturated rings. The molecule has 0 radical (unpaired) electrons. The SMILES string of the molecule is CC(C)CN(C[C@@H](O)[C@H](Cc1ccccc1)NC(=O)[C@@H](NC(=O)CNCc1cccc(F)c1)C(C)(C)C)S(=O)(=O)c1cccc(N)c1.O=P(O)(O)O. The van der Waals surface area contributed by atoms with Crippen molar-refractivity contribution in [3.63, 3.8) is 0 Å². The number of nitrogen functional groups attached to an aromatic ring is 1. The molecule has 0 spiro atoms. The van der Waals surface area contributed by atoms with Gasteiger partial charge in [0, 0.05) is 25.3 Å². The number of amides is 2. The van der Waals surface area contributed by atoms with E-state index in [1.54, 1.807) is 24.3 Å². The summed E-state index contributed by atoms with van der Waals surface area (Å²) in [6.45, 7) is 9.16. The smallest absolute Gasteiger partial charge is 0.399 e. The monoisotopic (exact) mass is 767 g/mol. The molecule has 52 heavy (non-hydrogen) atoms. The van der Waals surface area contributed by atoms with Crippen molar-refractivity contribution < 1.29 is 46.7 Å². The van der Waals surface area contributed by atoms with Crippen molar-refractivity contribution >= 4 is 35.3 Å². The molecule has 0 saturated carbocycles. The molecule has 2 amide bonds. The summed E-state index contributed by atoms with van der Waals surface area (Å²) in [6, 6.07) is 19.4. The van der Waals surface area contributed by atoms with Crippen LogP contribution in [-0.2, 0) is 37.1 Å². The molecule has 14 nitrogen and oxygen atoms in total. The molecule has 0 heterocycles. The number of nitrogens with one attached hydrogen (secondary N) is 3. The van der Waals surface area contributed by atoms with E-state index >= 15 is 0 Å². The summed E-state index contributed by atoms with van der Waals surface area (Å²) in [5.41, 5.74) is 6.95. The molecule has 0 unspecified atom stereocenters. The van der Waals surface area contributed by atoms with E-state index < -0.39 is 53.3 Å². The van der Waals surface area contributed by atoms with Crippen LogP contribution in [0.5, 0.6) is 0 Å². The number of hydrogen-bond acceptors (Lipinski definition) is 8. The first-order valence-electron chi connectivity index (χ1n) is 16.5. The maximum absolute atomic E-state index is 13.8. The zero-order chi connectivity index (χ0) is 39.3. The number of nitrogens with zero attached hydrogens (tertiary/aromatic N) is 1. The first-order valence-corrected chi connectivity index (χ1v) is 19.5. The Morgan fingerprint density at radius 1 is 0.904 bits per heavy atom. The van der Waals surface area contributed by atoms with E-state index in [0.29, 0.717) is 11.3 Å². The number of aliphatic hydroxyl groups excluding tert-OH is 1. The van der Waals surface area contributed by atoms with Gasteiger partial charge in [-0.3, -0.25) is 9.59 Å². The van der Waals surface area contributed by atoms with Crippen LogP contribution in [0.15, 0.2) is 83.8 Å². The van der Waals surface area contributed by atoms with Crippen LogP contribution in [0, 0.1) is 17.2 Å². The van der Waals surface area contributed by atoms with E-state index in [1.807, 2.05) is 65.0 Å². The van der Waals surface area contributed by atoms with Crippen molar-refractivity contribution in [2.45, 2.75) is 70.7 Å². The molecule has 3 aromatic carbocycles. The lowest BCUT2D eigenvalue weighted by Gasteiger charge is -2.34. The van der Waals surface area contributed by atoms with E-state index in [-0.39, 0.29) is 49.2 Å². The largest absolute Gasteiger partial charge is 0.466 e. The fourth-order valence-electron chi connectivity index (χ4n) is 5.11. The molecule has 17 heteroatoms. The summed E-state index contributed by atoms with van der Waals surface area (Å²) < 4.78 is 51.0. The van der Waals surface area contributed by atoms with E-state index in [9.17, 15) is 27.5 Å². The van der Waals surface area contributed by atoms with Crippen LogP contribution in [0.3, 0.4) is 0 Å². The van der Waals surface area contributed by atoms with Gasteiger partial charge in [-0.05, 0) is 59.2 Å². The van der Waals surface area contributed by atoms with Crippen molar-refractivity contribution in [1.29, 1.82) is 0 Å². The minimum Gasteiger partial charge on any atom is -0.399 e. The van der Waals surface area contributed by atoms with Gasteiger partial charge in [-0.25, -0.2) is 17.4 Å². The van der Waals surface area contributed by atoms with Crippen LogP contribution in [0.2, 0.25) is 0 Å². The Hall–Kier alpha value is -3.73. The summed E-state index contributed by atoms with van der Waals surface area (Å²) >= 11 is 0. The second-order valence-electron chi connectivity index (χ2n) is 13.8. The lowest BCUT2D eigenvalue weighted by atomic mass is 9.85. The quantitative estimate of drug-likeness (QED) is 0.0780. The minimum absolute atomic E-state index is 0.00973. The third kappa shape index (κ3) is 16.3. The van der Waals surface area contributed by atoms with E-state index in [4.69, 9.17) is 25.0 Å². The van der Waals surface area contributed by atoms with E-state index in [0.717, 1.165) is 5.56 Å². The lowest BCUT2D eigenvalue weighted by Crippen LogP contribution is -2.59. The molecule has 9 N–H and O–H groups in total. The maximum Gasteiger partial charge on any atom is 0.466 e. The van der Waals surface area contributed by atoms with Gasteiger partial charge in [0.2, 0.25) is 21.8 Å². The number of carbonyl (C=O) groups is 2. The third-order valence-electron chi connectivity index (χ3n) is 7.48. The highest BCUT2D eigenvalue weighted by Gasteiger charge is 2.36. The molecule has 0 aliphatic heterocycles. The third-order valence-corrected chi connectivity index (χ3v) is 9.31. The number of anilines is 1. The van der Waals surface area contributed by atoms with Crippen molar-refractivity contribution in [3.05, 3.63) is 95.8 Å². The van der Waals surface area contributed by atoms with Crippen molar-refractivity contribution in [1.82, 2.24) is 20.3 Å². The van der Waals surface area contributed by atoms with Gasteiger partial charge in [0.15, 0.2) is 0 Å². The lowest BCUT2D eigenvalue weighted by molar-refractivity contribution is -0.132. The summed E-state index contributed by atoms with van der Waals surface area (Å²) in [4.78, 5) is 48.3. The van der Waals surface area contributed by atoms with Crippen LogP contribution in [0.25, 0.3) is 0 Å². The summed E-state index contributed by atoms with van der Waals surface area (Å²) in [7, 11) is -8.68. The normalized spacial score (nSPS) is 13.8. The Balaban J connectivity index is 0.00000175. The Morgan fingerprint density at radius 2 is 1.50 bits per heavy atom. The highest BCUT2D eigenvalue weighted by Crippen LogP contribution is 2.26. The van der Waals surface area contributed by atoms with Gasteiger partial charge in [0.05, 0.1) is 23.6 Å². The molecular formula is C35H51FN5O9PS. The van der Waals surface area contributed by atoms with Gasteiger partial charge < -0.3 is 41.5 Å². The van der Waals surface area contributed by atoms with Gasteiger partial charge in [-0.1, -0.05) is 83.1 Å². The second-order valence-corrected chi connectivity index (χ2v) is 16.7. The maximum atomic E-state index is 13.8. The number of hydrogen-bond donors (Lipinski definition) is 8. The van der Waals surface area contributed by atoms with Gasteiger partial charge in [-0.2, -0.15) is 4.31 Å². The van der Waals surface area contributed by atoms with Gasteiger partial charge >= 0.3 is 7.82 Å². The number of carbonyl (C=O) groups excluding carboxylic acids is 2. The van der Waals surface area contributed by atoms with Gasteiger partial charge in [0.25, 0.3) is 0 Å². The van der Waals surface area contributed by atoms with Crippen LogP contribution in [0.1, 0.15) is 45.7 Å². The summed E-state index contributed by atoms with van der Waals surface area (Å²) in [5.74, 6) is -1.40. The first-order chi connectivity index (χ1) is 24.1. The standard InChI is InChI=1S/C35H48FN5O5S.H3O4P/c1-24(2)22-41(47(45,46)29-16-10-15-28(37)19-29)23-31(42)30(18-25-11-7-6-8-12-25)39-34(44)33(35(3,4)5)40-32(43)21-38-20-26-13-9-14-27(36)17-26;1-5(2,3)4/h6-17,19,24,30-31,33,38,42H,18,20-23,37H2,1-5H3,(H,39,44)(H,40,43);(H3,1,2,3,4)/t30-,31+,33+;/m0./s1. The number of nitrogens with two attached hydrogens (primary N) is 1. The predicted molar refractivity (Wildman–Crippen MR) is 196 cm³/mol. The van der Waals surface area contributed by atoms with Crippen molar-refractivity contribution in [2.75, 3.05) is 25.4 Å². The van der Waals surface area contributed by atoms with Crippen molar-refractivity contribution in [2.24, 2.45) is 11.3 Å². The first kappa shape index (κ1) is 44.4. The highest BCUT2D eigenvalue weighted by atomic mass is 32.2. The van der Waals surface area contributed by atoms with Crippen LogP contribution in [-0.4, -0.2) is 82.1 Å². The molecule has 3 rings (SSSR count). The molecule has 3 atom stereocenters. The fraction of sp³-hybridized carbons (Fsp3) is 0.429. The fourth-order valence-corrected chi connectivity index (χ4v) is 6.79. The van der Waals surface area contributed by atoms with Gasteiger partial charge in [-0.15, -0.1) is 0 Å². The van der Waals surface area contributed by atoms with E-state index in [1.165, 1.54) is 28.6 Å². The molecule has 0 bridgehead atoms. The average molecular weight is 768 g/mol. The number of halogens is 1. The number of rotatable bonds is 16. The molecule has 0 aliphatic rings. The number of sulfonamides is 1. The van der Waals surface area contributed by atoms with Gasteiger partial charge in [0.1, 0.15) is 11.9 Å². The van der Waals surface area contributed by atoms with E-state index in [2.05, 4.69) is 16.0 Å². The Morgan fingerprint density at radius 3 is 2.06 bits per heavy atom. The zero-order valence-corrected chi connectivity index (χ0v) is 31.6. The Bertz CT molecular complexity index is 1750. The molecule has 0 saturated heterocycles.